The minimum atomic E-state index is -2.53. The highest BCUT2D eigenvalue weighted by atomic mass is 19.3. The summed E-state index contributed by atoms with van der Waals surface area (Å²) in [5.74, 6) is -2.53. The molecular formula is C12H12F2O. The fourth-order valence-electron chi connectivity index (χ4n) is 2.51. The van der Waals surface area contributed by atoms with Gasteiger partial charge in [-0.1, -0.05) is 30.3 Å². The lowest BCUT2D eigenvalue weighted by Gasteiger charge is -2.24. The Labute approximate surface area is 87.1 Å². The van der Waals surface area contributed by atoms with Gasteiger partial charge >= 0.3 is 0 Å². The topological polar surface area (TPSA) is 12.5 Å². The summed E-state index contributed by atoms with van der Waals surface area (Å²) in [6, 6.07) is 9.70. The van der Waals surface area contributed by atoms with Crippen molar-refractivity contribution in [2.45, 2.75) is 36.9 Å². The molecule has 1 aromatic rings. The molecule has 0 bridgehead atoms. The van der Waals surface area contributed by atoms with Crippen LogP contribution in [0.25, 0.3) is 0 Å². The van der Waals surface area contributed by atoms with E-state index in [0.29, 0.717) is 6.42 Å². The number of epoxide rings is 1. The van der Waals surface area contributed by atoms with Gasteiger partial charge in [0.25, 0.3) is 5.92 Å². The highest BCUT2D eigenvalue weighted by Gasteiger charge is 2.64. The second-order valence-electron chi connectivity index (χ2n) is 4.42. The molecule has 15 heavy (non-hydrogen) atoms. The van der Waals surface area contributed by atoms with Crippen molar-refractivity contribution in [1.29, 1.82) is 0 Å². The highest BCUT2D eigenvalue weighted by molar-refractivity contribution is 5.30. The van der Waals surface area contributed by atoms with Crippen LogP contribution in [-0.2, 0) is 10.3 Å². The molecule has 2 atom stereocenters. The normalized spacial score (nSPS) is 37.1. The smallest absolute Gasteiger partial charge is 0.250 e. The van der Waals surface area contributed by atoms with Crippen molar-refractivity contribution < 1.29 is 13.5 Å². The van der Waals surface area contributed by atoms with Crippen LogP contribution < -0.4 is 0 Å². The number of hydrogen-bond acceptors (Lipinski definition) is 1. The molecule has 0 unspecified atom stereocenters. The lowest BCUT2D eigenvalue weighted by Crippen LogP contribution is -2.30. The second-order valence-corrected chi connectivity index (χ2v) is 4.42. The van der Waals surface area contributed by atoms with Gasteiger partial charge < -0.3 is 4.74 Å². The van der Waals surface area contributed by atoms with E-state index in [1.54, 1.807) is 0 Å². The van der Waals surface area contributed by atoms with Gasteiger partial charge in [-0.2, -0.15) is 0 Å². The van der Waals surface area contributed by atoms with Crippen LogP contribution in [0.1, 0.15) is 24.8 Å². The van der Waals surface area contributed by atoms with Crippen molar-refractivity contribution in [2.24, 2.45) is 0 Å². The van der Waals surface area contributed by atoms with Crippen LogP contribution >= 0.6 is 0 Å². The molecule has 2 fully saturated rings. The summed E-state index contributed by atoms with van der Waals surface area (Å²) in [7, 11) is 0. The first-order chi connectivity index (χ1) is 7.12. The number of ether oxygens (including phenoxy) is 1. The monoisotopic (exact) mass is 210 g/mol. The zero-order valence-corrected chi connectivity index (χ0v) is 8.25. The van der Waals surface area contributed by atoms with Gasteiger partial charge in [0.15, 0.2) is 0 Å². The molecule has 2 aliphatic rings. The van der Waals surface area contributed by atoms with Gasteiger partial charge in [0.05, 0.1) is 6.10 Å². The Morgan fingerprint density at radius 3 is 2.53 bits per heavy atom. The molecule has 1 aliphatic heterocycles. The van der Waals surface area contributed by atoms with Crippen LogP contribution in [0, 0.1) is 0 Å². The molecule has 1 aromatic carbocycles. The summed E-state index contributed by atoms with van der Waals surface area (Å²) in [4.78, 5) is 0. The Balaban J connectivity index is 1.86. The number of halogens is 2. The van der Waals surface area contributed by atoms with E-state index in [9.17, 15) is 8.78 Å². The number of rotatable bonds is 1. The molecule has 0 spiro atoms. The molecule has 1 heterocycles. The quantitative estimate of drug-likeness (QED) is 0.649. The summed E-state index contributed by atoms with van der Waals surface area (Å²) in [5.41, 5.74) is 0.661. The summed E-state index contributed by atoms with van der Waals surface area (Å²) < 4.78 is 31.7. The van der Waals surface area contributed by atoms with Gasteiger partial charge in [-0.15, -0.1) is 0 Å². The first kappa shape index (κ1) is 9.28. The molecule has 80 valence electrons. The Hall–Kier alpha value is -0.960. The van der Waals surface area contributed by atoms with Gasteiger partial charge in [-0.25, -0.2) is 8.78 Å². The van der Waals surface area contributed by atoms with Gasteiger partial charge in [-0.3, -0.25) is 0 Å². The van der Waals surface area contributed by atoms with E-state index >= 15 is 0 Å². The van der Waals surface area contributed by atoms with Crippen LogP contribution in [0.2, 0.25) is 0 Å². The van der Waals surface area contributed by atoms with Crippen LogP contribution in [0.15, 0.2) is 30.3 Å². The largest absolute Gasteiger partial charge is 0.361 e. The van der Waals surface area contributed by atoms with Gasteiger partial charge in [-0.05, 0) is 12.0 Å². The highest BCUT2D eigenvalue weighted by Crippen LogP contribution is 2.58. The third kappa shape index (κ3) is 1.37. The number of alkyl halides is 2. The fourth-order valence-corrected chi connectivity index (χ4v) is 2.51. The van der Waals surface area contributed by atoms with Crippen LogP contribution in [0.3, 0.4) is 0 Å². The third-order valence-corrected chi connectivity index (χ3v) is 3.42. The van der Waals surface area contributed by atoms with E-state index in [0.717, 1.165) is 5.56 Å². The minimum absolute atomic E-state index is 0.0571. The zero-order valence-electron chi connectivity index (χ0n) is 8.25. The molecule has 0 amide bonds. The standard InChI is InChI=1S/C12H12F2O/c13-11(14)6-7-12(10(8-11)15-12)9-4-2-1-3-5-9/h1-5,10H,6-8H2/t10-,12-/m0/s1. The Morgan fingerprint density at radius 2 is 1.87 bits per heavy atom. The Morgan fingerprint density at radius 1 is 1.13 bits per heavy atom. The van der Waals surface area contributed by atoms with Gasteiger partial charge in [0, 0.05) is 12.8 Å². The molecule has 0 N–H and O–H groups in total. The van der Waals surface area contributed by atoms with E-state index in [-0.39, 0.29) is 24.5 Å². The molecule has 0 aromatic heterocycles. The lowest BCUT2D eigenvalue weighted by atomic mass is 9.82. The number of benzene rings is 1. The van der Waals surface area contributed by atoms with Crippen molar-refractivity contribution in [2.75, 3.05) is 0 Å². The molecule has 3 rings (SSSR count). The summed E-state index contributed by atoms with van der Waals surface area (Å²) >= 11 is 0. The second kappa shape index (κ2) is 2.79. The molecular weight excluding hydrogens is 198 g/mol. The van der Waals surface area contributed by atoms with Crippen molar-refractivity contribution in [3.8, 4) is 0 Å². The molecule has 0 radical (unpaired) electrons. The van der Waals surface area contributed by atoms with Crippen molar-refractivity contribution in [1.82, 2.24) is 0 Å². The third-order valence-electron chi connectivity index (χ3n) is 3.42. The van der Waals surface area contributed by atoms with E-state index in [1.807, 2.05) is 30.3 Å². The van der Waals surface area contributed by atoms with Crippen LogP contribution in [-0.4, -0.2) is 12.0 Å². The van der Waals surface area contributed by atoms with Gasteiger partial charge in [0.1, 0.15) is 5.60 Å². The summed E-state index contributed by atoms with van der Waals surface area (Å²) in [6.45, 7) is 0. The average molecular weight is 210 g/mol. The van der Waals surface area contributed by atoms with Crippen molar-refractivity contribution in [3.63, 3.8) is 0 Å². The van der Waals surface area contributed by atoms with E-state index in [1.165, 1.54) is 0 Å². The van der Waals surface area contributed by atoms with Gasteiger partial charge in [0.2, 0.25) is 0 Å². The minimum Gasteiger partial charge on any atom is -0.361 e. The van der Waals surface area contributed by atoms with E-state index in [4.69, 9.17) is 4.74 Å². The van der Waals surface area contributed by atoms with Crippen LogP contribution in [0.5, 0.6) is 0 Å². The lowest BCUT2D eigenvalue weighted by molar-refractivity contribution is -0.0328. The van der Waals surface area contributed by atoms with Crippen molar-refractivity contribution in [3.05, 3.63) is 35.9 Å². The van der Waals surface area contributed by atoms with E-state index in [2.05, 4.69) is 0 Å². The fraction of sp³-hybridized carbons (Fsp3) is 0.500. The Bertz CT molecular complexity index is 376. The number of hydrogen-bond donors (Lipinski definition) is 0. The molecule has 1 aliphatic carbocycles. The predicted octanol–water partition coefficient (Wildman–Crippen LogP) is 3.10. The first-order valence-electron chi connectivity index (χ1n) is 5.24. The first-order valence-corrected chi connectivity index (χ1v) is 5.24. The SMILES string of the molecule is FC1(F)CC[C@@]2(c3ccccc3)O[C@H]2C1. The molecule has 1 saturated carbocycles. The van der Waals surface area contributed by atoms with E-state index < -0.39 is 5.92 Å². The van der Waals surface area contributed by atoms with Crippen molar-refractivity contribution >= 4 is 0 Å². The summed E-state index contributed by atoms with van der Waals surface area (Å²) in [6.07, 6.45) is -0.0155. The zero-order chi connectivity index (χ0) is 10.5. The molecule has 3 heteroatoms. The molecule has 1 nitrogen and oxygen atoms in total. The summed E-state index contributed by atoms with van der Waals surface area (Å²) in [5, 5.41) is 0. The number of fused-ring (bicyclic) bond motifs is 1. The average Bonchev–Trinajstić information content (AvgIpc) is 2.92. The maximum absolute atomic E-state index is 13.1. The predicted molar refractivity (Wildman–Crippen MR) is 51.8 cm³/mol. The molecule has 1 saturated heterocycles. The maximum atomic E-state index is 13.1. The van der Waals surface area contributed by atoms with Crippen LogP contribution in [0.4, 0.5) is 8.78 Å². The maximum Gasteiger partial charge on any atom is 0.250 e. The Kier molecular flexibility index (Phi) is 1.72.